The molecule has 1 unspecified atom stereocenters. The summed E-state index contributed by atoms with van der Waals surface area (Å²) < 4.78 is 24.9. The maximum absolute atomic E-state index is 12.1. The van der Waals surface area contributed by atoms with Crippen LogP contribution in [-0.4, -0.2) is 47.2 Å². The normalized spacial score (nSPS) is 19.0. The van der Waals surface area contributed by atoms with Crippen LogP contribution in [0.25, 0.3) is 5.69 Å². The Labute approximate surface area is 152 Å². The van der Waals surface area contributed by atoms with Crippen molar-refractivity contribution in [3.8, 4) is 5.69 Å². The van der Waals surface area contributed by atoms with E-state index in [0.29, 0.717) is 6.42 Å². The largest absolute Gasteiger partial charge is 0.352 e. The molecule has 0 bridgehead atoms. The summed E-state index contributed by atoms with van der Waals surface area (Å²) in [6.07, 6.45) is 4.08. The Kier molecular flexibility index (Phi) is 5.19. The van der Waals surface area contributed by atoms with Gasteiger partial charge in [0.1, 0.15) is 0 Å². The fraction of sp³-hybridized carbons (Fsp3) is 0.412. The van der Waals surface area contributed by atoms with E-state index in [2.05, 4.69) is 16.4 Å². The number of nitrogens with one attached hydrogen (secondary N) is 1. The fourth-order valence-electron chi connectivity index (χ4n) is 2.96. The van der Waals surface area contributed by atoms with Crippen LogP contribution in [0.4, 0.5) is 0 Å². The number of carbonyl (C=O) groups excluding carboxylic acids is 1. The number of rotatable bonds is 5. The second kappa shape index (κ2) is 7.21. The molecular formula is C17H21N3O3S2. The van der Waals surface area contributed by atoms with Crippen LogP contribution in [0.15, 0.2) is 35.7 Å². The molecule has 1 atom stereocenters. The van der Waals surface area contributed by atoms with Crippen molar-refractivity contribution < 1.29 is 13.2 Å². The maximum Gasteiger partial charge on any atom is 0.230 e. The molecule has 0 radical (unpaired) electrons. The predicted molar refractivity (Wildman–Crippen MR) is 99.0 cm³/mol. The lowest BCUT2D eigenvalue weighted by Crippen LogP contribution is -2.36. The van der Waals surface area contributed by atoms with E-state index < -0.39 is 9.84 Å². The molecule has 6 nitrogen and oxygen atoms in total. The van der Waals surface area contributed by atoms with Gasteiger partial charge in [0.05, 0.1) is 22.9 Å². The first-order valence-electron chi connectivity index (χ1n) is 8.07. The monoisotopic (exact) mass is 379 g/mol. The molecule has 2 heterocycles. The first-order valence-corrected chi connectivity index (χ1v) is 10.9. The lowest BCUT2D eigenvalue weighted by atomic mass is 10.1. The molecule has 0 saturated carbocycles. The van der Waals surface area contributed by atoms with E-state index in [0.717, 1.165) is 16.4 Å². The summed E-state index contributed by atoms with van der Waals surface area (Å²) in [5, 5.41) is 3.54. The zero-order valence-electron chi connectivity index (χ0n) is 14.2. The molecule has 0 spiro atoms. The zero-order chi connectivity index (χ0) is 18.0. The van der Waals surface area contributed by atoms with Crippen LogP contribution in [0.1, 0.15) is 17.5 Å². The number of thioether (sulfide) groups is 1. The molecule has 0 aliphatic carbocycles. The highest BCUT2D eigenvalue weighted by atomic mass is 32.2. The van der Waals surface area contributed by atoms with Crippen LogP contribution >= 0.6 is 11.8 Å². The third-order valence-electron chi connectivity index (χ3n) is 4.15. The molecular weight excluding hydrogens is 358 g/mol. The predicted octanol–water partition coefficient (Wildman–Crippen LogP) is 1.88. The van der Waals surface area contributed by atoms with E-state index in [4.69, 9.17) is 0 Å². The molecule has 1 aliphatic rings. The van der Waals surface area contributed by atoms with Gasteiger partial charge in [0.15, 0.2) is 15.0 Å². The van der Waals surface area contributed by atoms with Crippen LogP contribution in [0.2, 0.25) is 0 Å². The van der Waals surface area contributed by atoms with E-state index >= 15 is 0 Å². The molecule has 8 heteroatoms. The highest BCUT2D eigenvalue weighted by Gasteiger charge is 2.28. The summed E-state index contributed by atoms with van der Waals surface area (Å²) in [5.74, 6) is 0.239. The van der Waals surface area contributed by atoms with Gasteiger partial charge >= 0.3 is 0 Å². The SMILES string of the molecule is Cc1ccc(-n2ccnc2SCC(=O)NC2CCS(=O)(=O)C2)c(C)c1. The minimum absolute atomic E-state index is 0.0423. The molecule has 3 rings (SSSR count). The molecule has 1 aromatic heterocycles. The third-order valence-corrected chi connectivity index (χ3v) is 6.88. The number of amides is 1. The van der Waals surface area contributed by atoms with Gasteiger partial charge in [-0.25, -0.2) is 13.4 Å². The van der Waals surface area contributed by atoms with Crippen molar-refractivity contribution in [2.75, 3.05) is 17.3 Å². The Morgan fingerprint density at radius 2 is 2.20 bits per heavy atom. The first kappa shape index (κ1) is 18.0. The minimum atomic E-state index is -2.99. The number of imidazole rings is 1. The maximum atomic E-state index is 12.1. The van der Waals surface area contributed by atoms with Gasteiger partial charge in [-0.2, -0.15) is 0 Å². The highest BCUT2D eigenvalue weighted by molar-refractivity contribution is 7.99. The Morgan fingerprint density at radius 1 is 1.40 bits per heavy atom. The third kappa shape index (κ3) is 4.43. The molecule has 1 amide bonds. The Balaban J connectivity index is 1.63. The van der Waals surface area contributed by atoms with E-state index in [1.807, 2.05) is 36.7 Å². The molecule has 25 heavy (non-hydrogen) atoms. The first-order chi connectivity index (χ1) is 11.8. The molecule has 2 aromatic rings. The highest BCUT2D eigenvalue weighted by Crippen LogP contribution is 2.23. The van der Waals surface area contributed by atoms with Gasteiger partial charge in [-0.05, 0) is 31.9 Å². The molecule has 1 aromatic carbocycles. The van der Waals surface area contributed by atoms with Gasteiger partial charge in [-0.1, -0.05) is 29.5 Å². The average Bonchev–Trinajstić information content (AvgIpc) is 3.11. The van der Waals surface area contributed by atoms with E-state index in [1.165, 1.54) is 17.3 Å². The zero-order valence-corrected chi connectivity index (χ0v) is 15.9. The Hall–Kier alpha value is -1.80. The topological polar surface area (TPSA) is 81.1 Å². The van der Waals surface area contributed by atoms with Crippen molar-refractivity contribution >= 4 is 27.5 Å². The lowest BCUT2D eigenvalue weighted by Gasteiger charge is -2.12. The summed E-state index contributed by atoms with van der Waals surface area (Å²) in [5.41, 5.74) is 3.37. The van der Waals surface area contributed by atoms with Gasteiger partial charge in [-0.15, -0.1) is 0 Å². The molecule has 134 valence electrons. The second-order valence-corrected chi connectivity index (χ2v) is 9.50. The number of hydrogen-bond acceptors (Lipinski definition) is 5. The smallest absolute Gasteiger partial charge is 0.230 e. The van der Waals surface area contributed by atoms with Crippen molar-refractivity contribution in [1.82, 2.24) is 14.9 Å². The molecule has 1 aliphatic heterocycles. The number of carbonyl (C=O) groups is 1. The van der Waals surface area contributed by atoms with Gasteiger partial charge in [0, 0.05) is 18.4 Å². The van der Waals surface area contributed by atoms with Gasteiger partial charge in [-0.3, -0.25) is 9.36 Å². The second-order valence-electron chi connectivity index (χ2n) is 6.33. The average molecular weight is 380 g/mol. The number of benzene rings is 1. The van der Waals surface area contributed by atoms with E-state index in [1.54, 1.807) is 6.20 Å². The van der Waals surface area contributed by atoms with Gasteiger partial charge < -0.3 is 5.32 Å². The molecule has 1 fully saturated rings. The minimum Gasteiger partial charge on any atom is -0.352 e. The standard InChI is InChI=1S/C17H21N3O3S2/c1-12-3-4-15(13(2)9-12)20-7-6-18-17(20)24-10-16(21)19-14-5-8-25(22,23)11-14/h3-4,6-7,9,14H,5,8,10-11H2,1-2H3,(H,19,21). The Morgan fingerprint density at radius 3 is 2.88 bits per heavy atom. The molecule has 1 saturated heterocycles. The Bertz CT molecular complexity index is 890. The van der Waals surface area contributed by atoms with E-state index in [9.17, 15) is 13.2 Å². The molecule has 1 N–H and O–H groups in total. The summed E-state index contributed by atoms with van der Waals surface area (Å²) in [4.78, 5) is 16.4. The lowest BCUT2D eigenvalue weighted by molar-refractivity contribution is -0.119. The van der Waals surface area contributed by atoms with Crippen molar-refractivity contribution in [2.45, 2.75) is 31.5 Å². The van der Waals surface area contributed by atoms with Crippen molar-refractivity contribution in [3.63, 3.8) is 0 Å². The summed E-state index contributed by atoms with van der Waals surface area (Å²) >= 11 is 1.34. The van der Waals surface area contributed by atoms with Crippen LogP contribution in [0.3, 0.4) is 0 Å². The summed E-state index contributed by atoms with van der Waals surface area (Å²) in [7, 11) is -2.99. The number of aromatic nitrogens is 2. The van der Waals surface area contributed by atoms with Crippen LogP contribution in [0.5, 0.6) is 0 Å². The van der Waals surface area contributed by atoms with Crippen LogP contribution in [-0.2, 0) is 14.6 Å². The van der Waals surface area contributed by atoms with Gasteiger partial charge in [0.25, 0.3) is 0 Å². The van der Waals surface area contributed by atoms with Crippen LogP contribution < -0.4 is 5.32 Å². The van der Waals surface area contributed by atoms with E-state index in [-0.39, 0.29) is 29.2 Å². The quantitative estimate of drug-likeness (QED) is 0.803. The number of nitrogens with zero attached hydrogens (tertiary/aromatic N) is 2. The number of aryl methyl sites for hydroxylation is 2. The number of hydrogen-bond donors (Lipinski definition) is 1. The van der Waals surface area contributed by atoms with Crippen molar-refractivity contribution in [3.05, 3.63) is 41.7 Å². The van der Waals surface area contributed by atoms with Crippen LogP contribution in [0, 0.1) is 13.8 Å². The van der Waals surface area contributed by atoms with Crippen molar-refractivity contribution in [2.24, 2.45) is 0 Å². The van der Waals surface area contributed by atoms with Crippen molar-refractivity contribution in [1.29, 1.82) is 0 Å². The summed E-state index contributed by atoms with van der Waals surface area (Å²) in [6.45, 7) is 4.10. The fourth-order valence-corrected chi connectivity index (χ4v) is 5.41. The summed E-state index contributed by atoms with van der Waals surface area (Å²) in [6, 6.07) is 5.93. The number of sulfone groups is 1. The van der Waals surface area contributed by atoms with Gasteiger partial charge in [0.2, 0.25) is 5.91 Å².